The van der Waals surface area contributed by atoms with Crippen molar-refractivity contribution in [1.29, 1.82) is 0 Å². The number of ether oxygens (including phenoxy) is 1. The van der Waals surface area contributed by atoms with E-state index in [0.29, 0.717) is 56.6 Å². The third kappa shape index (κ3) is 5.83. The first-order chi connectivity index (χ1) is 18.1. The lowest BCUT2D eigenvalue weighted by atomic mass is 9.72. The van der Waals surface area contributed by atoms with Gasteiger partial charge in [0.15, 0.2) is 5.82 Å². The summed E-state index contributed by atoms with van der Waals surface area (Å²) in [5.74, 6) is 1.13. The van der Waals surface area contributed by atoms with Crippen LogP contribution in [0.2, 0.25) is 0 Å². The highest BCUT2D eigenvalue weighted by molar-refractivity contribution is 5.89. The largest absolute Gasteiger partial charge is 0.465 e. The molecule has 11 heteroatoms. The van der Waals surface area contributed by atoms with Crippen LogP contribution in [0, 0.1) is 5.41 Å². The van der Waals surface area contributed by atoms with Crippen LogP contribution in [-0.2, 0) is 4.74 Å². The monoisotopic (exact) mass is 526 g/mol. The van der Waals surface area contributed by atoms with Gasteiger partial charge in [-0.25, -0.2) is 19.6 Å². The Morgan fingerprint density at radius 3 is 2.39 bits per heavy atom. The molecule has 1 unspecified atom stereocenters. The zero-order valence-corrected chi connectivity index (χ0v) is 22.5. The smallest absolute Gasteiger partial charge is 0.407 e. The number of hydrogen-bond acceptors (Lipinski definition) is 7. The minimum atomic E-state index is -1.03. The van der Waals surface area contributed by atoms with E-state index in [1.165, 1.54) is 4.90 Å². The molecule has 0 saturated carbocycles. The van der Waals surface area contributed by atoms with Crippen molar-refractivity contribution in [2.75, 3.05) is 56.2 Å². The molecule has 2 aromatic rings. The minimum Gasteiger partial charge on any atom is -0.465 e. The van der Waals surface area contributed by atoms with Crippen molar-refractivity contribution in [3.63, 3.8) is 0 Å². The molecular formula is C27H38N6O5. The number of urea groups is 1. The molecule has 0 spiro atoms. The Labute approximate surface area is 223 Å². The number of nitrogens with zero attached hydrogens (tertiary/aromatic N) is 4. The second kappa shape index (κ2) is 11.5. The summed E-state index contributed by atoms with van der Waals surface area (Å²) in [4.78, 5) is 37.9. The second-order valence-corrected chi connectivity index (χ2v) is 10.7. The van der Waals surface area contributed by atoms with Gasteiger partial charge in [-0.2, -0.15) is 0 Å². The fraction of sp³-hybridized carbons (Fsp3) is 0.556. The van der Waals surface area contributed by atoms with Gasteiger partial charge in [-0.15, -0.1) is 0 Å². The number of aliphatic hydroxyl groups is 1. The third-order valence-electron chi connectivity index (χ3n) is 7.12. The molecule has 1 aromatic heterocycles. The van der Waals surface area contributed by atoms with Crippen LogP contribution in [0.3, 0.4) is 0 Å². The summed E-state index contributed by atoms with van der Waals surface area (Å²) < 4.78 is 5.60. The summed E-state index contributed by atoms with van der Waals surface area (Å²) >= 11 is 0. The first kappa shape index (κ1) is 27.6. The Morgan fingerprint density at radius 1 is 1.13 bits per heavy atom. The topological polar surface area (TPSA) is 140 Å². The van der Waals surface area contributed by atoms with Crippen molar-refractivity contribution < 1.29 is 24.5 Å². The number of rotatable bonds is 6. The van der Waals surface area contributed by atoms with Gasteiger partial charge in [-0.1, -0.05) is 20.8 Å². The number of aliphatic hydroxyl groups excluding tert-OH is 1. The van der Waals surface area contributed by atoms with Crippen molar-refractivity contribution in [3.05, 3.63) is 35.5 Å². The zero-order chi connectivity index (χ0) is 27.4. The second-order valence-electron chi connectivity index (χ2n) is 10.7. The molecular weight excluding hydrogens is 488 g/mol. The van der Waals surface area contributed by atoms with Gasteiger partial charge in [0.1, 0.15) is 5.82 Å². The van der Waals surface area contributed by atoms with E-state index in [1.807, 2.05) is 19.1 Å². The number of morpholine rings is 1. The first-order valence-electron chi connectivity index (χ1n) is 13.1. The van der Waals surface area contributed by atoms with Crippen molar-refractivity contribution >= 4 is 23.6 Å². The lowest BCUT2D eigenvalue weighted by molar-refractivity contribution is 0.0861. The summed E-state index contributed by atoms with van der Waals surface area (Å²) in [6.45, 7) is 11.3. The number of carbonyl (C=O) groups is 2. The Hall–Kier alpha value is -3.44. The van der Waals surface area contributed by atoms with Crippen LogP contribution in [0.4, 0.5) is 21.1 Å². The number of carbonyl (C=O) groups excluding carboxylic acids is 1. The van der Waals surface area contributed by atoms with E-state index >= 15 is 0 Å². The van der Waals surface area contributed by atoms with Gasteiger partial charge in [0.05, 0.1) is 24.9 Å². The minimum absolute atomic E-state index is 0.140. The van der Waals surface area contributed by atoms with Crippen LogP contribution in [0.5, 0.6) is 0 Å². The molecule has 2 aliphatic rings. The number of anilines is 2. The van der Waals surface area contributed by atoms with Crippen molar-refractivity contribution in [2.24, 2.45) is 5.41 Å². The normalized spacial score (nSPS) is 19.6. The molecule has 1 aromatic carbocycles. The van der Waals surface area contributed by atoms with Gasteiger partial charge in [0.25, 0.3) is 0 Å². The maximum atomic E-state index is 12.4. The van der Waals surface area contributed by atoms with E-state index in [-0.39, 0.29) is 30.4 Å². The van der Waals surface area contributed by atoms with Crippen LogP contribution in [-0.4, -0.2) is 83.2 Å². The molecule has 4 rings (SSSR count). The van der Waals surface area contributed by atoms with Crippen LogP contribution in [0.25, 0.3) is 11.4 Å². The quantitative estimate of drug-likeness (QED) is 0.447. The molecule has 3 heterocycles. The SMILES string of the molecule is CCNC(=O)Nc1ccc(-c2nc3c(c(N4CCOCC4)n2)[C@H](C(C)(C)C)CN(C(=O)O)C3CCO)cc1. The van der Waals surface area contributed by atoms with Gasteiger partial charge in [-0.3, -0.25) is 4.90 Å². The van der Waals surface area contributed by atoms with E-state index in [4.69, 9.17) is 14.7 Å². The Kier molecular flexibility index (Phi) is 8.37. The molecule has 0 radical (unpaired) electrons. The van der Waals surface area contributed by atoms with Gasteiger partial charge < -0.3 is 30.5 Å². The van der Waals surface area contributed by atoms with Gasteiger partial charge in [-0.05, 0) is 43.0 Å². The lowest BCUT2D eigenvalue weighted by Gasteiger charge is -2.45. The number of nitrogens with one attached hydrogen (secondary N) is 2. The van der Waals surface area contributed by atoms with E-state index in [0.717, 1.165) is 16.9 Å². The molecule has 2 atom stereocenters. The van der Waals surface area contributed by atoms with Crippen LogP contribution < -0.4 is 15.5 Å². The van der Waals surface area contributed by atoms with Gasteiger partial charge in [0, 0.05) is 55.5 Å². The Balaban J connectivity index is 1.87. The lowest BCUT2D eigenvalue weighted by Crippen LogP contribution is -2.47. The molecule has 206 valence electrons. The Bertz CT molecular complexity index is 1140. The van der Waals surface area contributed by atoms with Gasteiger partial charge >= 0.3 is 12.1 Å². The number of aromatic nitrogens is 2. The average molecular weight is 527 g/mol. The van der Waals surface area contributed by atoms with Crippen molar-refractivity contribution in [1.82, 2.24) is 20.2 Å². The predicted molar refractivity (Wildman–Crippen MR) is 145 cm³/mol. The maximum Gasteiger partial charge on any atom is 0.407 e. The number of benzene rings is 1. The van der Waals surface area contributed by atoms with Gasteiger partial charge in [0.2, 0.25) is 0 Å². The molecule has 0 aliphatic carbocycles. The first-order valence-corrected chi connectivity index (χ1v) is 13.1. The maximum absolute atomic E-state index is 12.4. The molecule has 11 nitrogen and oxygen atoms in total. The van der Waals surface area contributed by atoms with Crippen LogP contribution in [0.1, 0.15) is 57.3 Å². The molecule has 38 heavy (non-hydrogen) atoms. The number of amides is 3. The van der Waals surface area contributed by atoms with Crippen LogP contribution >= 0.6 is 0 Å². The summed E-state index contributed by atoms with van der Waals surface area (Å²) in [6.07, 6.45) is -0.790. The van der Waals surface area contributed by atoms with E-state index < -0.39 is 12.1 Å². The molecule has 2 aliphatic heterocycles. The van der Waals surface area contributed by atoms with Crippen LogP contribution in [0.15, 0.2) is 24.3 Å². The fourth-order valence-corrected chi connectivity index (χ4v) is 5.14. The zero-order valence-electron chi connectivity index (χ0n) is 22.5. The highest BCUT2D eigenvalue weighted by Crippen LogP contribution is 2.48. The molecule has 1 saturated heterocycles. The summed E-state index contributed by atoms with van der Waals surface area (Å²) in [6, 6.07) is 6.38. The average Bonchev–Trinajstić information content (AvgIpc) is 2.88. The molecule has 0 bridgehead atoms. The van der Waals surface area contributed by atoms with E-state index in [9.17, 15) is 19.8 Å². The highest BCUT2D eigenvalue weighted by atomic mass is 16.5. The van der Waals surface area contributed by atoms with Crippen molar-refractivity contribution in [3.8, 4) is 11.4 Å². The van der Waals surface area contributed by atoms with Crippen molar-refractivity contribution in [2.45, 2.75) is 46.1 Å². The fourth-order valence-electron chi connectivity index (χ4n) is 5.14. The van der Waals surface area contributed by atoms with E-state index in [1.54, 1.807) is 12.1 Å². The molecule has 1 fully saturated rings. The predicted octanol–water partition coefficient (Wildman–Crippen LogP) is 3.67. The highest BCUT2D eigenvalue weighted by Gasteiger charge is 2.44. The number of fused-ring (bicyclic) bond motifs is 1. The standard InChI is InChI=1S/C27H38N6O5/c1-5-28-25(35)29-18-8-6-17(7-9-18)23-30-22-20(10-13-34)33(26(36)37)16-19(27(2,3)4)21(22)24(31-23)32-11-14-38-15-12-32/h6-9,19-20,34H,5,10-16H2,1-4H3,(H,36,37)(H2,28,29,35)/t19-,20?/m1/s1. The summed E-state index contributed by atoms with van der Waals surface area (Å²) in [5.41, 5.74) is 2.71. The molecule has 4 N–H and O–H groups in total. The molecule has 3 amide bonds. The number of carboxylic acid groups (broad SMARTS) is 1. The van der Waals surface area contributed by atoms with E-state index in [2.05, 4.69) is 36.3 Å². The summed E-state index contributed by atoms with van der Waals surface area (Å²) in [5, 5.41) is 25.5. The summed E-state index contributed by atoms with van der Waals surface area (Å²) in [7, 11) is 0. The number of hydrogen-bond donors (Lipinski definition) is 4. The third-order valence-corrected chi connectivity index (χ3v) is 7.12. The Morgan fingerprint density at radius 2 is 1.82 bits per heavy atom.